The number of H-pyrrole nitrogens is 1. The van der Waals surface area contributed by atoms with Crippen molar-refractivity contribution in [2.45, 2.75) is 58.5 Å². The summed E-state index contributed by atoms with van der Waals surface area (Å²) in [5.41, 5.74) is 6.52. The number of nitrogens with one attached hydrogen (secondary N) is 2. The van der Waals surface area contributed by atoms with Crippen LogP contribution in [0.15, 0.2) is 66.7 Å². The van der Waals surface area contributed by atoms with E-state index in [1.54, 1.807) is 12.1 Å². The van der Waals surface area contributed by atoms with Crippen molar-refractivity contribution in [1.29, 1.82) is 0 Å². The molecule has 1 amide bonds. The number of aromatic nitrogens is 1. The molecule has 3 aromatic carbocycles. The summed E-state index contributed by atoms with van der Waals surface area (Å²) in [5, 5.41) is 4.15. The molecule has 1 saturated heterocycles. The predicted octanol–water partition coefficient (Wildman–Crippen LogP) is 8.57. The number of halogens is 3. The van der Waals surface area contributed by atoms with E-state index in [1.165, 1.54) is 11.1 Å². The largest absolute Gasteiger partial charge is 0.416 e. The Bertz CT molecular complexity index is 1500. The van der Waals surface area contributed by atoms with Crippen molar-refractivity contribution in [3.05, 3.63) is 89.0 Å². The fourth-order valence-electron chi connectivity index (χ4n) is 5.88. The highest BCUT2D eigenvalue weighted by Gasteiger charge is 2.30. The molecule has 4 aromatic rings. The monoisotopic (exact) mass is 561 g/mol. The Morgan fingerprint density at radius 3 is 2.41 bits per heavy atom. The van der Waals surface area contributed by atoms with Crippen molar-refractivity contribution in [3.8, 4) is 11.3 Å². The average molecular weight is 562 g/mol. The number of para-hydroxylation sites is 1. The minimum absolute atomic E-state index is 0.0313. The smallest absolute Gasteiger partial charge is 0.354 e. The zero-order valence-electron chi connectivity index (χ0n) is 23.9. The van der Waals surface area contributed by atoms with Crippen molar-refractivity contribution in [2.75, 3.05) is 25.0 Å². The molecule has 0 aliphatic carbocycles. The normalized spacial score (nSPS) is 15.1. The summed E-state index contributed by atoms with van der Waals surface area (Å²) < 4.78 is 39.4. The third-order valence-corrected chi connectivity index (χ3v) is 8.29. The summed E-state index contributed by atoms with van der Waals surface area (Å²) in [6.45, 7) is 8.85. The fourth-order valence-corrected chi connectivity index (χ4v) is 5.88. The van der Waals surface area contributed by atoms with Gasteiger partial charge in [-0.15, -0.1) is 0 Å². The number of alkyl halides is 3. The van der Waals surface area contributed by atoms with Gasteiger partial charge in [-0.3, -0.25) is 4.79 Å². The molecular formula is C34H38F3N3O. The highest BCUT2D eigenvalue weighted by molar-refractivity contribution is 5.93. The topological polar surface area (TPSA) is 48.1 Å². The van der Waals surface area contributed by atoms with Crippen LogP contribution in [0, 0.1) is 12.8 Å². The Morgan fingerprint density at radius 2 is 1.73 bits per heavy atom. The van der Waals surface area contributed by atoms with Crippen LogP contribution < -0.4 is 5.32 Å². The van der Waals surface area contributed by atoms with Crippen molar-refractivity contribution in [1.82, 2.24) is 9.88 Å². The van der Waals surface area contributed by atoms with Gasteiger partial charge in [0.2, 0.25) is 5.91 Å². The Kier molecular flexibility index (Phi) is 8.55. The molecular weight excluding hydrogens is 523 g/mol. The second-order valence-electron chi connectivity index (χ2n) is 11.5. The number of hydrogen-bond acceptors (Lipinski definition) is 2. The van der Waals surface area contributed by atoms with Crippen molar-refractivity contribution in [3.63, 3.8) is 0 Å². The van der Waals surface area contributed by atoms with Gasteiger partial charge in [-0.2, -0.15) is 13.2 Å². The Morgan fingerprint density at radius 1 is 1.02 bits per heavy atom. The van der Waals surface area contributed by atoms with Crippen LogP contribution in [0.25, 0.3) is 22.2 Å². The molecule has 5 rings (SSSR count). The van der Waals surface area contributed by atoms with Crippen LogP contribution in [0.3, 0.4) is 0 Å². The molecule has 0 atom stereocenters. The first-order chi connectivity index (χ1) is 19.6. The number of likely N-dealkylation sites (tertiary alicyclic amines) is 1. The van der Waals surface area contributed by atoms with E-state index in [0.29, 0.717) is 5.92 Å². The van der Waals surface area contributed by atoms with E-state index in [2.05, 4.69) is 46.4 Å². The van der Waals surface area contributed by atoms with Gasteiger partial charge >= 0.3 is 6.18 Å². The van der Waals surface area contributed by atoms with E-state index < -0.39 is 11.7 Å². The molecule has 1 aliphatic heterocycles. The predicted molar refractivity (Wildman–Crippen MR) is 160 cm³/mol. The van der Waals surface area contributed by atoms with Gasteiger partial charge < -0.3 is 15.2 Å². The first-order valence-corrected chi connectivity index (χ1v) is 14.5. The van der Waals surface area contributed by atoms with Crippen LogP contribution in [-0.2, 0) is 17.4 Å². The lowest BCUT2D eigenvalue weighted by Gasteiger charge is -2.32. The summed E-state index contributed by atoms with van der Waals surface area (Å²) in [7, 11) is 0. The van der Waals surface area contributed by atoms with E-state index in [0.717, 1.165) is 90.9 Å². The number of benzene rings is 3. The molecule has 0 saturated carbocycles. The Hall–Kier alpha value is -3.58. The number of anilines is 1. The summed E-state index contributed by atoms with van der Waals surface area (Å²) in [6, 6.07) is 19.9. The maximum atomic E-state index is 13.1. The number of aryl methyl sites for hydroxylation is 2. The van der Waals surface area contributed by atoms with Crippen LogP contribution in [0.5, 0.6) is 0 Å². The molecule has 1 aromatic heterocycles. The summed E-state index contributed by atoms with van der Waals surface area (Å²) in [4.78, 5) is 18.1. The molecule has 1 aliphatic rings. The minimum Gasteiger partial charge on any atom is -0.354 e. The molecule has 7 heteroatoms. The SMILES string of the molecule is Cc1cccc2c(CCCN3CCC(c4cccc(NC(=O)C(C)C)c4)CC3)c(-c3ccc(C(F)(F)F)cc3)[nH]c12. The quantitative estimate of drug-likeness (QED) is 0.226. The van der Waals surface area contributed by atoms with Crippen molar-refractivity contribution < 1.29 is 18.0 Å². The molecule has 0 bridgehead atoms. The maximum absolute atomic E-state index is 13.1. The number of aromatic amines is 1. The number of carbonyl (C=O) groups excluding carboxylic acids is 1. The van der Waals surface area contributed by atoms with E-state index in [9.17, 15) is 18.0 Å². The number of fused-ring (bicyclic) bond motifs is 1. The van der Waals surface area contributed by atoms with Gasteiger partial charge in [-0.05, 0) is 105 Å². The first kappa shape index (κ1) is 28.9. The number of nitrogens with zero attached hydrogens (tertiary/aromatic N) is 1. The lowest BCUT2D eigenvalue weighted by Crippen LogP contribution is -2.33. The average Bonchev–Trinajstić information content (AvgIpc) is 3.33. The lowest BCUT2D eigenvalue weighted by molar-refractivity contribution is -0.137. The zero-order chi connectivity index (χ0) is 29.1. The van der Waals surface area contributed by atoms with E-state index in [1.807, 2.05) is 32.0 Å². The summed E-state index contributed by atoms with van der Waals surface area (Å²) in [5.74, 6) is 0.454. The van der Waals surface area contributed by atoms with Gasteiger partial charge in [0.1, 0.15) is 0 Å². The highest BCUT2D eigenvalue weighted by atomic mass is 19.4. The number of carbonyl (C=O) groups is 1. The van der Waals surface area contributed by atoms with Gasteiger partial charge in [-0.1, -0.05) is 56.3 Å². The van der Waals surface area contributed by atoms with Crippen LogP contribution in [0.1, 0.15) is 61.3 Å². The molecule has 0 radical (unpaired) electrons. The standard InChI is InChI=1S/C34H38F3N3O/c1-22(2)33(41)38-28-9-5-8-26(21-28)24-16-19-40(20-17-24)18-6-11-30-29-10-4-7-23(3)31(29)39-32(30)25-12-14-27(15-13-25)34(35,36)37/h4-5,7-10,12-15,21-22,24,39H,6,11,16-20H2,1-3H3,(H,38,41). The molecule has 2 N–H and O–H groups in total. The molecule has 1 fully saturated rings. The second-order valence-corrected chi connectivity index (χ2v) is 11.5. The van der Waals surface area contributed by atoms with E-state index in [-0.39, 0.29) is 11.8 Å². The van der Waals surface area contributed by atoms with E-state index >= 15 is 0 Å². The maximum Gasteiger partial charge on any atom is 0.416 e. The third-order valence-electron chi connectivity index (χ3n) is 8.29. The van der Waals surface area contributed by atoms with Gasteiger partial charge in [-0.25, -0.2) is 0 Å². The number of amides is 1. The molecule has 2 heterocycles. The van der Waals surface area contributed by atoms with Crippen LogP contribution in [0.2, 0.25) is 0 Å². The third kappa shape index (κ3) is 6.67. The van der Waals surface area contributed by atoms with Crippen LogP contribution in [0.4, 0.5) is 18.9 Å². The minimum atomic E-state index is -4.35. The van der Waals surface area contributed by atoms with Gasteiger partial charge in [0.15, 0.2) is 0 Å². The highest BCUT2D eigenvalue weighted by Crippen LogP contribution is 2.36. The van der Waals surface area contributed by atoms with Gasteiger partial charge in [0.05, 0.1) is 5.56 Å². The van der Waals surface area contributed by atoms with Crippen molar-refractivity contribution in [2.24, 2.45) is 5.92 Å². The van der Waals surface area contributed by atoms with Crippen LogP contribution >= 0.6 is 0 Å². The van der Waals surface area contributed by atoms with Gasteiger partial charge in [0.25, 0.3) is 0 Å². The number of rotatable bonds is 8. The number of piperidine rings is 1. The molecule has 0 unspecified atom stereocenters. The van der Waals surface area contributed by atoms with Gasteiger partial charge in [0, 0.05) is 28.2 Å². The lowest BCUT2D eigenvalue weighted by atomic mass is 9.89. The fraction of sp³-hybridized carbons (Fsp3) is 0.382. The second kappa shape index (κ2) is 12.1. The summed E-state index contributed by atoms with van der Waals surface area (Å²) in [6.07, 6.45) is -0.388. The Labute approximate surface area is 240 Å². The summed E-state index contributed by atoms with van der Waals surface area (Å²) >= 11 is 0. The van der Waals surface area contributed by atoms with Crippen molar-refractivity contribution >= 4 is 22.5 Å². The molecule has 41 heavy (non-hydrogen) atoms. The van der Waals surface area contributed by atoms with E-state index in [4.69, 9.17) is 0 Å². The molecule has 0 spiro atoms. The Balaban J connectivity index is 1.23. The number of hydrogen-bond donors (Lipinski definition) is 2. The molecule has 216 valence electrons. The molecule has 4 nitrogen and oxygen atoms in total. The first-order valence-electron chi connectivity index (χ1n) is 14.5. The zero-order valence-corrected chi connectivity index (χ0v) is 23.9. The van der Waals surface area contributed by atoms with Crippen LogP contribution in [-0.4, -0.2) is 35.4 Å².